The summed E-state index contributed by atoms with van der Waals surface area (Å²) >= 11 is 6.21. The van der Waals surface area contributed by atoms with Crippen LogP contribution in [0.25, 0.3) is 0 Å². The lowest BCUT2D eigenvalue weighted by Crippen LogP contribution is -2.45. The minimum absolute atomic E-state index is 0.112. The number of aromatic nitrogens is 2. The lowest BCUT2D eigenvalue weighted by atomic mass is 9.94. The van der Waals surface area contributed by atoms with Crippen LogP contribution in [-0.4, -0.2) is 21.2 Å². The van der Waals surface area contributed by atoms with E-state index in [1.54, 1.807) is 4.68 Å². The molecule has 0 atom stereocenters. The summed E-state index contributed by atoms with van der Waals surface area (Å²) in [5.41, 5.74) is 2.05. The van der Waals surface area contributed by atoms with Crippen molar-refractivity contribution in [3.8, 4) is 0 Å². The summed E-state index contributed by atoms with van der Waals surface area (Å²) in [4.78, 5) is 12.5. The monoisotopic (exact) mass is 319 g/mol. The molecule has 118 valence electrons. The molecule has 0 fully saturated rings. The molecule has 0 radical (unpaired) electrons. The van der Waals surface area contributed by atoms with E-state index >= 15 is 0 Å². The quantitative estimate of drug-likeness (QED) is 0.915. The summed E-state index contributed by atoms with van der Waals surface area (Å²) in [7, 11) is 0. The number of rotatable bonds is 5. The fourth-order valence-corrected chi connectivity index (χ4v) is 2.71. The molecule has 0 saturated carbocycles. The Morgan fingerprint density at radius 1 is 1.36 bits per heavy atom. The number of aryl methyl sites for hydroxylation is 2. The largest absolute Gasteiger partial charge is 0.346 e. The fourth-order valence-electron chi connectivity index (χ4n) is 2.50. The van der Waals surface area contributed by atoms with Gasteiger partial charge < -0.3 is 5.32 Å². The maximum atomic E-state index is 12.5. The minimum atomic E-state index is -0.404. The zero-order valence-electron chi connectivity index (χ0n) is 13.5. The molecule has 0 unspecified atom stereocenters. The third-order valence-corrected chi connectivity index (χ3v) is 3.85. The smallest absolute Gasteiger partial charge is 0.269 e. The molecule has 2 rings (SSSR count). The van der Waals surface area contributed by atoms with Crippen molar-refractivity contribution in [3.05, 3.63) is 52.3 Å². The van der Waals surface area contributed by atoms with E-state index in [2.05, 4.69) is 10.4 Å². The van der Waals surface area contributed by atoms with Gasteiger partial charge in [-0.1, -0.05) is 29.8 Å². The van der Waals surface area contributed by atoms with Crippen molar-refractivity contribution in [2.75, 3.05) is 0 Å². The van der Waals surface area contributed by atoms with Crippen LogP contribution in [0.2, 0.25) is 5.02 Å². The van der Waals surface area contributed by atoms with Gasteiger partial charge in [-0.2, -0.15) is 5.10 Å². The average Bonchev–Trinajstić information content (AvgIpc) is 2.82. The SMILES string of the molecule is CCn1nc(C)cc1C(=O)NC(C)(C)Cc1ccccc1Cl. The zero-order chi connectivity index (χ0) is 16.3. The molecule has 5 heteroatoms. The van der Waals surface area contributed by atoms with E-state index in [0.717, 1.165) is 16.3 Å². The van der Waals surface area contributed by atoms with E-state index in [9.17, 15) is 4.79 Å². The highest BCUT2D eigenvalue weighted by atomic mass is 35.5. The van der Waals surface area contributed by atoms with Crippen LogP contribution < -0.4 is 5.32 Å². The van der Waals surface area contributed by atoms with Gasteiger partial charge in [-0.15, -0.1) is 0 Å². The summed E-state index contributed by atoms with van der Waals surface area (Å²) < 4.78 is 1.72. The number of hydrogen-bond donors (Lipinski definition) is 1. The topological polar surface area (TPSA) is 46.9 Å². The molecule has 1 aromatic carbocycles. The van der Waals surface area contributed by atoms with Crippen LogP contribution in [0.1, 0.15) is 42.5 Å². The Hall–Kier alpha value is -1.81. The van der Waals surface area contributed by atoms with Crippen LogP contribution in [0, 0.1) is 6.92 Å². The molecule has 0 spiro atoms. The maximum absolute atomic E-state index is 12.5. The first kappa shape index (κ1) is 16.6. The normalized spacial score (nSPS) is 11.5. The van der Waals surface area contributed by atoms with Gasteiger partial charge in [0.05, 0.1) is 5.69 Å². The molecule has 22 heavy (non-hydrogen) atoms. The number of hydrogen-bond acceptors (Lipinski definition) is 2. The number of nitrogens with zero attached hydrogens (tertiary/aromatic N) is 2. The van der Waals surface area contributed by atoms with Crippen molar-refractivity contribution in [2.24, 2.45) is 0 Å². The van der Waals surface area contributed by atoms with Gasteiger partial charge in [-0.3, -0.25) is 9.48 Å². The van der Waals surface area contributed by atoms with Crippen molar-refractivity contribution in [3.63, 3.8) is 0 Å². The van der Waals surface area contributed by atoms with Crippen LogP contribution in [0.5, 0.6) is 0 Å². The predicted molar refractivity (Wildman–Crippen MR) is 89.3 cm³/mol. The van der Waals surface area contributed by atoms with Gasteiger partial charge >= 0.3 is 0 Å². The molecule has 0 saturated heterocycles. The van der Waals surface area contributed by atoms with Crippen molar-refractivity contribution < 1.29 is 4.79 Å². The second kappa shape index (κ2) is 6.53. The van der Waals surface area contributed by atoms with E-state index < -0.39 is 5.54 Å². The van der Waals surface area contributed by atoms with Gasteiger partial charge in [0, 0.05) is 17.1 Å². The molecular weight excluding hydrogens is 298 g/mol. The van der Waals surface area contributed by atoms with Gasteiger partial charge in [0.25, 0.3) is 5.91 Å². The Labute approximate surface area is 136 Å². The second-order valence-electron chi connectivity index (χ2n) is 6.09. The number of carbonyl (C=O) groups excluding carboxylic acids is 1. The van der Waals surface area contributed by atoms with Crippen molar-refractivity contribution >= 4 is 17.5 Å². The van der Waals surface area contributed by atoms with Gasteiger partial charge in [0.15, 0.2) is 0 Å². The third kappa shape index (κ3) is 3.89. The molecule has 1 aromatic heterocycles. The Morgan fingerprint density at radius 2 is 2.05 bits per heavy atom. The first-order chi connectivity index (χ1) is 10.3. The van der Waals surface area contributed by atoms with Crippen LogP contribution in [-0.2, 0) is 13.0 Å². The average molecular weight is 320 g/mol. The van der Waals surface area contributed by atoms with E-state index in [4.69, 9.17) is 11.6 Å². The van der Waals surface area contributed by atoms with Gasteiger partial charge in [0.1, 0.15) is 5.69 Å². The molecule has 1 heterocycles. The van der Waals surface area contributed by atoms with Crippen LogP contribution in [0.3, 0.4) is 0 Å². The van der Waals surface area contributed by atoms with Crippen molar-refractivity contribution in [1.82, 2.24) is 15.1 Å². The Balaban J connectivity index is 2.14. The Kier molecular flexibility index (Phi) is 4.91. The first-order valence-corrected chi connectivity index (χ1v) is 7.80. The van der Waals surface area contributed by atoms with E-state index in [1.165, 1.54) is 0 Å². The first-order valence-electron chi connectivity index (χ1n) is 7.43. The lowest BCUT2D eigenvalue weighted by Gasteiger charge is -2.27. The van der Waals surface area contributed by atoms with E-state index in [-0.39, 0.29) is 5.91 Å². The molecule has 0 aliphatic rings. The summed E-state index contributed by atoms with van der Waals surface area (Å²) in [5.74, 6) is -0.112. The van der Waals surface area contributed by atoms with Gasteiger partial charge in [-0.25, -0.2) is 0 Å². The molecule has 2 aromatic rings. The Morgan fingerprint density at radius 3 is 2.68 bits per heavy atom. The van der Waals surface area contributed by atoms with Crippen LogP contribution in [0.4, 0.5) is 0 Å². The molecule has 0 aliphatic heterocycles. The summed E-state index contributed by atoms with van der Waals surface area (Å²) in [6.07, 6.45) is 0.664. The molecule has 0 bridgehead atoms. The van der Waals surface area contributed by atoms with Crippen molar-refractivity contribution in [1.29, 1.82) is 0 Å². The highest BCUT2D eigenvalue weighted by Crippen LogP contribution is 2.21. The standard InChI is InChI=1S/C17H22ClN3O/c1-5-21-15(10-12(2)20-21)16(22)19-17(3,4)11-13-8-6-7-9-14(13)18/h6-10H,5,11H2,1-4H3,(H,19,22). The number of carbonyl (C=O) groups is 1. The number of amides is 1. The minimum Gasteiger partial charge on any atom is -0.346 e. The maximum Gasteiger partial charge on any atom is 0.269 e. The molecule has 1 amide bonds. The molecular formula is C17H22ClN3O. The molecule has 4 nitrogen and oxygen atoms in total. The van der Waals surface area contributed by atoms with E-state index in [1.807, 2.05) is 58.0 Å². The Bertz CT molecular complexity index is 676. The second-order valence-corrected chi connectivity index (χ2v) is 6.50. The van der Waals surface area contributed by atoms with Crippen LogP contribution in [0.15, 0.2) is 30.3 Å². The molecule has 1 N–H and O–H groups in total. The summed E-state index contributed by atoms with van der Waals surface area (Å²) in [6.45, 7) is 8.51. The van der Waals surface area contributed by atoms with Gasteiger partial charge in [0.2, 0.25) is 0 Å². The highest BCUT2D eigenvalue weighted by molar-refractivity contribution is 6.31. The number of benzene rings is 1. The highest BCUT2D eigenvalue weighted by Gasteiger charge is 2.24. The summed E-state index contributed by atoms with van der Waals surface area (Å²) in [5, 5.41) is 8.11. The van der Waals surface area contributed by atoms with E-state index in [0.29, 0.717) is 18.7 Å². The van der Waals surface area contributed by atoms with Crippen LogP contribution >= 0.6 is 11.6 Å². The number of nitrogens with one attached hydrogen (secondary N) is 1. The fraction of sp³-hybridized carbons (Fsp3) is 0.412. The van der Waals surface area contributed by atoms with Crippen molar-refractivity contribution in [2.45, 2.75) is 46.2 Å². The summed E-state index contributed by atoms with van der Waals surface area (Å²) in [6, 6.07) is 9.51. The predicted octanol–water partition coefficient (Wildman–Crippen LogP) is 3.62. The third-order valence-electron chi connectivity index (χ3n) is 3.48. The molecule has 0 aliphatic carbocycles. The van der Waals surface area contributed by atoms with Gasteiger partial charge in [-0.05, 0) is 51.8 Å². The lowest BCUT2D eigenvalue weighted by molar-refractivity contribution is 0.0902. The number of halogens is 1. The zero-order valence-corrected chi connectivity index (χ0v) is 14.2.